The summed E-state index contributed by atoms with van der Waals surface area (Å²) in [6, 6.07) is 8.88. The van der Waals surface area contributed by atoms with Crippen LogP contribution in [0.5, 0.6) is 0 Å². The van der Waals surface area contributed by atoms with Crippen LogP contribution in [0.4, 0.5) is 18.9 Å². The number of β-amino-alcohol motifs (C(OH)–C–C–N with tert-alkyl or cyclic N) is 1. The van der Waals surface area contributed by atoms with Crippen molar-refractivity contribution in [2.45, 2.75) is 38.0 Å². The lowest BCUT2D eigenvalue weighted by Gasteiger charge is -2.22. The van der Waals surface area contributed by atoms with Gasteiger partial charge >= 0.3 is 6.18 Å². The van der Waals surface area contributed by atoms with Crippen LogP contribution in [0, 0.1) is 0 Å². The molecule has 1 aromatic heterocycles. The molecule has 1 N–H and O–H groups in total. The predicted molar refractivity (Wildman–Crippen MR) is 128 cm³/mol. The third-order valence-electron chi connectivity index (χ3n) is 6.39. The molecule has 1 saturated heterocycles. The molecule has 10 heteroatoms. The number of aliphatic hydroxyl groups excluding tert-OH is 1. The number of nitrogens with zero attached hydrogens (tertiary/aromatic N) is 3. The number of aliphatic hydroxyl groups is 1. The van der Waals surface area contributed by atoms with Crippen LogP contribution >= 0.6 is 27.5 Å². The zero-order valence-electron chi connectivity index (χ0n) is 17.9. The van der Waals surface area contributed by atoms with E-state index in [1.54, 1.807) is 18.2 Å². The third kappa shape index (κ3) is 4.14. The summed E-state index contributed by atoms with van der Waals surface area (Å²) in [5.41, 5.74) is 1.11. The molecule has 1 aliphatic carbocycles. The highest BCUT2D eigenvalue weighted by Gasteiger charge is 2.36. The van der Waals surface area contributed by atoms with Gasteiger partial charge in [0.25, 0.3) is 5.56 Å². The first-order valence-electron chi connectivity index (χ1n) is 10.9. The van der Waals surface area contributed by atoms with E-state index in [1.165, 1.54) is 12.1 Å². The molecule has 0 unspecified atom stereocenters. The van der Waals surface area contributed by atoms with Crippen molar-refractivity contribution in [3.63, 3.8) is 0 Å². The quantitative estimate of drug-likeness (QED) is 0.472. The fourth-order valence-electron chi connectivity index (χ4n) is 4.72. The summed E-state index contributed by atoms with van der Waals surface area (Å²) in [6.45, 7) is 0.837. The van der Waals surface area contributed by atoms with Crippen LogP contribution in [0.15, 0.2) is 45.7 Å². The van der Waals surface area contributed by atoms with E-state index in [2.05, 4.69) is 21.0 Å². The van der Waals surface area contributed by atoms with Gasteiger partial charge in [0.15, 0.2) is 0 Å². The Morgan fingerprint density at radius 2 is 1.88 bits per heavy atom. The molecule has 0 radical (unpaired) electrons. The highest BCUT2D eigenvalue weighted by atomic mass is 79.9. The van der Waals surface area contributed by atoms with E-state index in [9.17, 15) is 23.1 Å². The third-order valence-corrected chi connectivity index (χ3v) is 7.60. The highest BCUT2D eigenvalue weighted by Crippen LogP contribution is 2.38. The van der Waals surface area contributed by atoms with Gasteiger partial charge in [0.2, 0.25) is 0 Å². The molecule has 2 aromatic carbocycles. The molecule has 2 heterocycles. The van der Waals surface area contributed by atoms with Crippen LogP contribution in [0.25, 0.3) is 16.9 Å². The number of anilines is 1. The van der Waals surface area contributed by atoms with Crippen molar-refractivity contribution >= 4 is 33.2 Å². The Hall–Kier alpha value is -2.36. The van der Waals surface area contributed by atoms with Gasteiger partial charge < -0.3 is 10.0 Å². The predicted octanol–water partition coefficient (Wildman–Crippen LogP) is 5.39. The summed E-state index contributed by atoms with van der Waals surface area (Å²) in [4.78, 5) is 15.2. The largest absolute Gasteiger partial charge is 0.418 e. The van der Waals surface area contributed by atoms with Crippen LogP contribution in [0.2, 0.25) is 5.02 Å². The van der Waals surface area contributed by atoms with E-state index in [1.807, 2.05) is 4.90 Å². The van der Waals surface area contributed by atoms with Crippen molar-refractivity contribution in [3.05, 3.63) is 72.9 Å². The van der Waals surface area contributed by atoms with Crippen molar-refractivity contribution in [2.75, 3.05) is 18.0 Å². The van der Waals surface area contributed by atoms with Crippen molar-refractivity contribution in [1.82, 2.24) is 9.78 Å². The Labute approximate surface area is 206 Å². The van der Waals surface area contributed by atoms with Crippen molar-refractivity contribution in [2.24, 2.45) is 0 Å². The number of rotatable bonds is 3. The van der Waals surface area contributed by atoms with Gasteiger partial charge in [-0.2, -0.15) is 23.0 Å². The fourth-order valence-corrected chi connectivity index (χ4v) is 5.22. The van der Waals surface area contributed by atoms with E-state index in [-0.39, 0.29) is 5.69 Å². The average molecular weight is 555 g/mol. The molecule has 1 atom stereocenters. The smallest absolute Gasteiger partial charge is 0.391 e. The maximum atomic E-state index is 14.0. The molecule has 0 amide bonds. The van der Waals surface area contributed by atoms with Gasteiger partial charge in [0, 0.05) is 34.4 Å². The first kappa shape index (κ1) is 23.4. The average Bonchev–Trinajstić information content (AvgIpc) is 3.45. The minimum atomic E-state index is -4.68. The molecule has 178 valence electrons. The standard InChI is InChI=1S/C24H20BrClF3N3O2/c25-19-10-13(4-7-20(19)26)22-16-2-1-3-17(16)23(34)32(30-22)21-11-14(31-9-8-15(33)12-31)5-6-18(21)24(27,28)29/h4-7,10-11,15,33H,1-3,8-9,12H2/t15-/m0/s1. The lowest BCUT2D eigenvalue weighted by Crippen LogP contribution is -2.29. The number of halogens is 5. The van der Waals surface area contributed by atoms with Crippen molar-refractivity contribution in [3.8, 4) is 16.9 Å². The Kier molecular flexibility index (Phi) is 5.98. The minimum absolute atomic E-state index is 0.319. The molecule has 1 aliphatic heterocycles. The molecule has 5 nitrogen and oxygen atoms in total. The van der Waals surface area contributed by atoms with Gasteiger partial charge in [-0.3, -0.25) is 4.79 Å². The molecule has 5 rings (SSSR count). The number of benzene rings is 2. The summed E-state index contributed by atoms with van der Waals surface area (Å²) >= 11 is 9.52. The fraction of sp³-hybridized carbons (Fsp3) is 0.333. The van der Waals surface area contributed by atoms with Crippen LogP contribution in [0.1, 0.15) is 29.5 Å². The summed E-state index contributed by atoms with van der Waals surface area (Å²) in [5, 5.41) is 14.9. The number of alkyl halides is 3. The van der Waals surface area contributed by atoms with Crippen LogP contribution in [-0.4, -0.2) is 34.1 Å². The van der Waals surface area contributed by atoms with Crippen LogP contribution in [-0.2, 0) is 19.0 Å². The number of aromatic nitrogens is 2. The second kappa shape index (κ2) is 8.70. The SMILES string of the molecule is O=c1c2c(c(-c3ccc(Cl)c(Br)c3)nn1-c1cc(N3CC[C@H](O)C3)ccc1C(F)(F)F)CCC2. The van der Waals surface area contributed by atoms with Gasteiger partial charge in [-0.1, -0.05) is 17.7 Å². The van der Waals surface area contributed by atoms with E-state index < -0.39 is 23.4 Å². The van der Waals surface area contributed by atoms with Gasteiger partial charge in [-0.15, -0.1) is 0 Å². The Balaban J connectivity index is 1.75. The molecule has 0 saturated carbocycles. The van der Waals surface area contributed by atoms with Gasteiger partial charge in [0.05, 0.1) is 28.1 Å². The van der Waals surface area contributed by atoms with E-state index in [0.29, 0.717) is 64.4 Å². The number of hydrogen-bond acceptors (Lipinski definition) is 4. The summed E-state index contributed by atoms with van der Waals surface area (Å²) in [7, 11) is 0. The second-order valence-corrected chi connectivity index (χ2v) is 9.85. The lowest BCUT2D eigenvalue weighted by molar-refractivity contribution is -0.137. The van der Waals surface area contributed by atoms with E-state index in [4.69, 9.17) is 11.6 Å². The molecule has 34 heavy (non-hydrogen) atoms. The lowest BCUT2D eigenvalue weighted by atomic mass is 10.0. The second-order valence-electron chi connectivity index (χ2n) is 8.59. The maximum absolute atomic E-state index is 14.0. The summed E-state index contributed by atoms with van der Waals surface area (Å²) < 4.78 is 43.6. The topological polar surface area (TPSA) is 58.4 Å². The van der Waals surface area contributed by atoms with Crippen molar-refractivity contribution in [1.29, 1.82) is 0 Å². The normalized spacial score (nSPS) is 17.9. The van der Waals surface area contributed by atoms with E-state index in [0.717, 1.165) is 22.7 Å². The summed E-state index contributed by atoms with van der Waals surface area (Å²) in [5.74, 6) is 0. The Morgan fingerprint density at radius 3 is 2.56 bits per heavy atom. The minimum Gasteiger partial charge on any atom is -0.391 e. The maximum Gasteiger partial charge on any atom is 0.418 e. The molecule has 0 spiro atoms. The monoisotopic (exact) mass is 553 g/mol. The Bertz CT molecular complexity index is 1340. The van der Waals surface area contributed by atoms with Gasteiger partial charge in [0.1, 0.15) is 0 Å². The number of fused-ring (bicyclic) bond motifs is 1. The van der Waals surface area contributed by atoms with Gasteiger partial charge in [-0.25, -0.2) is 0 Å². The van der Waals surface area contributed by atoms with Crippen LogP contribution < -0.4 is 10.5 Å². The molecule has 0 bridgehead atoms. The Morgan fingerprint density at radius 1 is 1.12 bits per heavy atom. The van der Waals surface area contributed by atoms with Gasteiger partial charge in [-0.05, 0) is 77.5 Å². The zero-order valence-corrected chi connectivity index (χ0v) is 20.2. The number of hydrogen-bond donors (Lipinski definition) is 1. The van der Waals surface area contributed by atoms with E-state index >= 15 is 0 Å². The highest BCUT2D eigenvalue weighted by molar-refractivity contribution is 9.10. The van der Waals surface area contributed by atoms with Crippen molar-refractivity contribution < 1.29 is 18.3 Å². The molecule has 1 fully saturated rings. The first-order chi connectivity index (χ1) is 16.1. The first-order valence-corrected chi connectivity index (χ1v) is 12.1. The van der Waals surface area contributed by atoms with Crippen LogP contribution in [0.3, 0.4) is 0 Å². The zero-order chi connectivity index (χ0) is 24.2. The molecular weight excluding hydrogens is 535 g/mol. The molecular formula is C24H20BrClF3N3O2. The summed E-state index contributed by atoms with van der Waals surface area (Å²) in [6.07, 6.45) is -2.84. The molecule has 2 aliphatic rings. The molecule has 3 aromatic rings.